The third-order valence-electron chi connectivity index (χ3n) is 2.02. The van der Waals surface area contributed by atoms with Crippen LogP contribution in [0, 0.1) is 12.7 Å². The van der Waals surface area contributed by atoms with Gasteiger partial charge in [-0.3, -0.25) is 0 Å². The van der Waals surface area contributed by atoms with Gasteiger partial charge in [-0.1, -0.05) is 0 Å². The van der Waals surface area contributed by atoms with Crippen molar-refractivity contribution >= 4 is 15.7 Å². The summed E-state index contributed by atoms with van der Waals surface area (Å²) < 4.78 is 39.7. The molecular formula is C11H17FN2O2S. The second-order valence-electron chi connectivity index (χ2n) is 4.99. The van der Waals surface area contributed by atoms with Crippen LogP contribution in [0.3, 0.4) is 0 Å². The highest BCUT2D eigenvalue weighted by Gasteiger charge is 2.24. The molecule has 96 valence electrons. The molecule has 0 spiro atoms. The van der Waals surface area contributed by atoms with Crippen LogP contribution in [-0.2, 0) is 10.0 Å². The maximum Gasteiger partial charge on any atom is 0.241 e. The van der Waals surface area contributed by atoms with Crippen molar-refractivity contribution in [1.82, 2.24) is 4.72 Å². The minimum absolute atomic E-state index is 0.00586. The number of nitrogens with one attached hydrogen (secondary N) is 1. The number of anilines is 1. The van der Waals surface area contributed by atoms with E-state index < -0.39 is 21.4 Å². The third kappa shape index (κ3) is 3.41. The van der Waals surface area contributed by atoms with Crippen LogP contribution >= 0.6 is 0 Å². The van der Waals surface area contributed by atoms with Gasteiger partial charge >= 0.3 is 0 Å². The third-order valence-corrected chi connectivity index (χ3v) is 3.92. The van der Waals surface area contributed by atoms with Gasteiger partial charge < -0.3 is 5.73 Å². The Morgan fingerprint density at radius 2 is 1.82 bits per heavy atom. The van der Waals surface area contributed by atoms with Crippen molar-refractivity contribution in [3.05, 3.63) is 23.5 Å². The summed E-state index contributed by atoms with van der Waals surface area (Å²) in [6.07, 6.45) is 0. The maximum absolute atomic E-state index is 13.1. The number of hydrogen-bond acceptors (Lipinski definition) is 3. The van der Waals surface area contributed by atoms with Gasteiger partial charge in [0.25, 0.3) is 0 Å². The molecule has 0 radical (unpaired) electrons. The molecule has 1 aromatic rings. The summed E-state index contributed by atoms with van der Waals surface area (Å²) in [5, 5.41) is 0. The number of nitrogen functional groups attached to an aromatic ring is 1. The molecule has 0 saturated heterocycles. The number of halogens is 1. The van der Waals surface area contributed by atoms with Crippen LogP contribution < -0.4 is 10.5 Å². The molecule has 1 rings (SSSR count). The summed E-state index contributed by atoms with van der Waals surface area (Å²) >= 11 is 0. The minimum Gasteiger partial charge on any atom is -0.396 e. The van der Waals surface area contributed by atoms with Crippen LogP contribution in [0.15, 0.2) is 17.0 Å². The number of aryl methyl sites for hydroxylation is 1. The van der Waals surface area contributed by atoms with Gasteiger partial charge in [-0.2, -0.15) is 0 Å². The predicted molar refractivity (Wildman–Crippen MR) is 65.6 cm³/mol. The van der Waals surface area contributed by atoms with E-state index in [1.54, 1.807) is 20.8 Å². The molecule has 0 saturated carbocycles. The van der Waals surface area contributed by atoms with E-state index in [2.05, 4.69) is 4.72 Å². The maximum atomic E-state index is 13.1. The lowest BCUT2D eigenvalue weighted by Gasteiger charge is -2.21. The van der Waals surface area contributed by atoms with Gasteiger partial charge in [0.15, 0.2) is 0 Å². The lowest BCUT2D eigenvalue weighted by atomic mass is 10.1. The first kappa shape index (κ1) is 13.9. The van der Waals surface area contributed by atoms with E-state index in [0.29, 0.717) is 5.56 Å². The molecule has 0 heterocycles. The summed E-state index contributed by atoms with van der Waals surface area (Å²) in [7, 11) is -3.68. The predicted octanol–water partition coefficient (Wildman–Crippen LogP) is 1.79. The molecule has 4 nitrogen and oxygen atoms in total. The highest BCUT2D eigenvalue weighted by molar-refractivity contribution is 7.89. The molecule has 17 heavy (non-hydrogen) atoms. The molecule has 0 aliphatic heterocycles. The fourth-order valence-corrected chi connectivity index (χ4v) is 3.10. The van der Waals surface area contributed by atoms with Crippen molar-refractivity contribution in [2.24, 2.45) is 0 Å². The van der Waals surface area contributed by atoms with E-state index in [0.717, 1.165) is 12.1 Å². The molecule has 0 aliphatic carbocycles. The second kappa shape index (κ2) is 4.27. The molecule has 0 unspecified atom stereocenters. The van der Waals surface area contributed by atoms with E-state index >= 15 is 0 Å². The van der Waals surface area contributed by atoms with Crippen LogP contribution in [-0.4, -0.2) is 14.0 Å². The number of benzene rings is 1. The van der Waals surface area contributed by atoms with Gasteiger partial charge in [-0.05, 0) is 45.4 Å². The Kier molecular flexibility index (Phi) is 3.50. The Balaban J connectivity index is 3.30. The van der Waals surface area contributed by atoms with Crippen molar-refractivity contribution in [1.29, 1.82) is 0 Å². The summed E-state index contributed by atoms with van der Waals surface area (Å²) in [6, 6.07) is 2.26. The average molecular weight is 260 g/mol. The number of rotatable bonds is 2. The van der Waals surface area contributed by atoms with Gasteiger partial charge in [0.2, 0.25) is 10.0 Å². The summed E-state index contributed by atoms with van der Waals surface area (Å²) in [6.45, 7) is 6.71. The Hall–Kier alpha value is -1.14. The first-order valence-electron chi connectivity index (χ1n) is 5.12. The van der Waals surface area contributed by atoms with Crippen molar-refractivity contribution < 1.29 is 12.8 Å². The van der Waals surface area contributed by atoms with Gasteiger partial charge in [0.1, 0.15) is 5.82 Å². The van der Waals surface area contributed by atoms with Crippen molar-refractivity contribution in [3.8, 4) is 0 Å². The average Bonchev–Trinajstić information content (AvgIpc) is 2.06. The van der Waals surface area contributed by atoms with Crippen LogP contribution in [0.4, 0.5) is 10.1 Å². The lowest BCUT2D eigenvalue weighted by molar-refractivity contribution is 0.491. The SMILES string of the molecule is Cc1cc(F)c(N)cc1S(=O)(=O)NC(C)(C)C. The number of hydrogen-bond donors (Lipinski definition) is 2. The number of nitrogens with two attached hydrogens (primary N) is 1. The Labute approximate surface area is 101 Å². The van der Waals surface area contributed by atoms with Gasteiger partial charge in [0.05, 0.1) is 10.6 Å². The van der Waals surface area contributed by atoms with Gasteiger partial charge in [-0.15, -0.1) is 0 Å². The summed E-state index contributed by atoms with van der Waals surface area (Å²) in [5.41, 5.74) is 4.93. The Morgan fingerprint density at radius 3 is 2.29 bits per heavy atom. The molecule has 3 N–H and O–H groups in total. The molecule has 0 amide bonds. The molecule has 0 fully saturated rings. The summed E-state index contributed by atoms with van der Waals surface area (Å²) in [5.74, 6) is -0.614. The van der Waals surface area contributed by atoms with Crippen LogP contribution in [0.2, 0.25) is 0 Å². The Morgan fingerprint density at radius 1 is 1.29 bits per heavy atom. The fraction of sp³-hybridized carbons (Fsp3) is 0.455. The van der Waals surface area contributed by atoms with Gasteiger partial charge in [0, 0.05) is 5.54 Å². The Bertz CT molecular complexity index is 533. The van der Waals surface area contributed by atoms with Crippen LogP contribution in [0.5, 0.6) is 0 Å². The zero-order valence-electron chi connectivity index (χ0n) is 10.3. The molecule has 0 bridgehead atoms. The molecule has 1 aromatic carbocycles. The molecule has 0 aromatic heterocycles. The van der Waals surface area contributed by atoms with E-state index in [9.17, 15) is 12.8 Å². The minimum atomic E-state index is -3.68. The van der Waals surface area contributed by atoms with E-state index in [4.69, 9.17) is 5.73 Å². The first-order chi connectivity index (χ1) is 7.53. The number of sulfonamides is 1. The van der Waals surface area contributed by atoms with Gasteiger partial charge in [-0.25, -0.2) is 17.5 Å². The van der Waals surface area contributed by atoms with E-state index in [1.807, 2.05) is 0 Å². The summed E-state index contributed by atoms with van der Waals surface area (Å²) in [4.78, 5) is 0.00586. The molecule has 0 atom stereocenters. The standard InChI is InChI=1S/C11H17FN2O2S/c1-7-5-8(12)9(13)6-10(7)17(15,16)14-11(2,3)4/h5-6,14H,13H2,1-4H3. The highest BCUT2D eigenvalue weighted by Crippen LogP contribution is 2.22. The smallest absolute Gasteiger partial charge is 0.241 e. The lowest BCUT2D eigenvalue weighted by Crippen LogP contribution is -2.40. The van der Waals surface area contributed by atoms with Crippen molar-refractivity contribution in [2.75, 3.05) is 5.73 Å². The molecule has 6 heteroatoms. The quantitative estimate of drug-likeness (QED) is 0.796. The van der Waals surface area contributed by atoms with Crippen LogP contribution in [0.1, 0.15) is 26.3 Å². The second-order valence-corrected chi connectivity index (χ2v) is 6.65. The van der Waals surface area contributed by atoms with Crippen LogP contribution in [0.25, 0.3) is 0 Å². The topological polar surface area (TPSA) is 72.2 Å². The highest BCUT2D eigenvalue weighted by atomic mass is 32.2. The fourth-order valence-electron chi connectivity index (χ4n) is 1.42. The first-order valence-corrected chi connectivity index (χ1v) is 6.61. The van der Waals surface area contributed by atoms with E-state index in [1.165, 1.54) is 6.92 Å². The zero-order chi connectivity index (χ0) is 13.4. The van der Waals surface area contributed by atoms with E-state index in [-0.39, 0.29) is 10.6 Å². The van der Waals surface area contributed by atoms with Crippen molar-refractivity contribution in [3.63, 3.8) is 0 Å². The molecular weight excluding hydrogens is 243 g/mol. The monoisotopic (exact) mass is 260 g/mol. The zero-order valence-corrected chi connectivity index (χ0v) is 11.2. The normalized spacial score (nSPS) is 12.8. The molecule has 0 aliphatic rings. The largest absolute Gasteiger partial charge is 0.396 e. The van der Waals surface area contributed by atoms with Crippen molar-refractivity contribution in [2.45, 2.75) is 38.1 Å².